The molecule has 27 heavy (non-hydrogen) atoms. The third-order valence-corrected chi connectivity index (χ3v) is 3.67. The molecule has 9 heteroatoms. The van der Waals surface area contributed by atoms with Crippen molar-refractivity contribution in [1.29, 1.82) is 0 Å². The Morgan fingerprint density at radius 2 is 1.11 bits per heavy atom. The van der Waals surface area contributed by atoms with E-state index in [0.717, 1.165) is 0 Å². The second-order valence-corrected chi connectivity index (χ2v) is 7.50. The van der Waals surface area contributed by atoms with Gasteiger partial charge in [-0.3, -0.25) is 4.79 Å². The lowest BCUT2D eigenvalue weighted by molar-refractivity contribution is -0.164. The summed E-state index contributed by atoms with van der Waals surface area (Å²) in [7, 11) is 0. The summed E-state index contributed by atoms with van der Waals surface area (Å²) in [5.74, 6) is -2.87. The summed E-state index contributed by atoms with van der Waals surface area (Å²) in [5.41, 5.74) is 16.9. The summed E-state index contributed by atoms with van der Waals surface area (Å²) < 4.78 is 9.31. The Morgan fingerprint density at radius 1 is 0.704 bits per heavy atom. The zero-order valence-electron chi connectivity index (χ0n) is 16.6. The van der Waals surface area contributed by atoms with E-state index in [-0.39, 0.29) is 31.1 Å². The van der Waals surface area contributed by atoms with Crippen molar-refractivity contribution in [2.45, 2.75) is 77.9 Å². The molecule has 0 spiro atoms. The fourth-order valence-electron chi connectivity index (χ4n) is 2.28. The molecule has 0 amide bonds. The lowest BCUT2D eigenvalue weighted by Crippen LogP contribution is -2.40. The molecular weight excluding hydrogens is 354 g/mol. The fourth-order valence-corrected chi connectivity index (χ4v) is 2.28. The van der Waals surface area contributed by atoms with Crippen molar-refractivity contribution in [2.24, 2.45) is 29.0 Å². The molecule has 0 fully saturated rings. The smallest absolute Gasteiger partial charge is 0.330 e. The van der Waals surface area contributed by atoms with Crippen LogP contribution in [-0.2, 0) is 28.7 Å². The van der Waals surface area contributed by atoms with E-state index >= 15 is 0 Å². The first-order valence-electron chi connectivity index (χ1n) is 9.20. The van der Waals surface area contributed by atoms with Crippen molar-refractivity contribution in [3.05, 3.63) is 0 Å². The van der Waals surface area contributed by atoms with Gasteiger partial charge in [-0.2, -0.15) is 0 Å². The molecule has 0 aromatic carbocycles. The Bertz CT molecular complexity index is 521. The van der Waals surface area contributed by atoms with Gasteiger partial charge in [0, 0.05) is 6.42 Å². The minimum absolute atomic E-state index is 0.0901. The van der Waals surface area contributed by atoms with Gasteiger partial charge >= 0.3 is 23.9 Å². The first-order valence-corrected chi connectivity index (χ1v) is 9.20. The molecule has 1 unspecified atom stereocenters. The van der Waals surface area contributed by atoms with Crippen molar-refractivity contribution in [2.75, 3.05) is 0 Å². The van der Waals surface area contributed by atoms with Gasteiger partial charge in [0.1, 0.15) is 18.1 Å². The molecule has 0 aliphatic rings. The van der Waals surface area contributed by atoms with Crippen molar-refractivity contribution in [3.8, 4) is 0 Å². The summed E-state index contributed by atoms with van der Waals surface area (Å²) in [5, 5.41) is 0. The zero-order valence-corrected chi connectivity index (χ0v) is 16.6. The van der Waals surface area contributed by atoms with Gasteiger partial charge in [0.25, 0.3) is 0 Å². The standard InChI is InChI=1S/C18H33N3O6/c1-10(2)8-13(20)17(24)26-15(22)7-5-6-12(19)16(23)27-18(25)14(21)9-11(3)4/h10-14H,5-9,19-21H2,1-4H3/t12?,13-,14-/m0/s1. The van der Waals surface area contributed by atoms with Crippen LogP contribution >= 0.6 is 0 Å². The van der Waals surface area contributed by atoms with Crippen LogP contribution < -0.4 is 17.2 Å². The maximum absolute atomic E-state index is 11.8. The molecule has 3 atom stereocenters. The molecule has 9 nitrogen and oxygen atoms in total. The summed E-state index contributed by atoms with van der Waals surface area (Å²) in [6.07, 6.45) is 0.971. The number of carbonyl (C=O) groups is 4. The second-order valence-electron chi connectivity index (χ2n) is 7.50. The van der Waals surface area contributed by atoms with Crippen LogP contribution in [0.3, 0.4) is 0 Å². The Labute approximate surface area is 160 Å². The Kier molecular flexibility index (Phi) is 11.7. The molecule has 0 aromatic rings. The normalized spacial score (nSPS) is 14.6. The highest BCUT2D eigenvalue weighted by atomic mass is 16.6. The van der Waals surface area contributed by atoms with Crippen molar-refractivity contribution >= 4 is 23.9 Å². The molecule has 0 rings (SSSR count). The lowest BCUT2D eigenvalue weighted by Gasteiger charge is -2.15. The Balaban J connectivity index is 4.18. The number of hydrogen-bond acceptors (Lipinski definition) is 9. The fraction of sp³-hybridized carbons (Fsp3) is 0.778. The molecule has 0 saturated carbocycles. The van der Waals surface area contributed by atoms with E-state index in [4.69, 9.17) is 17.2 Å². The van der Waals surface area contributed by atoms with Crippen LogP contribution in [0.5, 0.6) is 0 Å². The number of rotatable bonds is 11. The van der Waals surface area contributed by atoms with Crippen molar-refractivity contribution in [3.63, 3.8) is 0 Å². The van der Waals surface area contributed by atoms with Crippen LogP contribution in [-0.4, -0.2) is 42.0 Å². The van der Waals surface area contributed by atoms with E-state index in [1.807, 2.05) is 27.7 Å². The largest absolute Gasteiger partial charge is 0.392 e. The molecule has 0 heterocycles. The maximum Gasteiger partial charge on any atom is 0.330 e. The quantitative estimate of drug-likeness (QED) is 0.335. The van der Waals surface area contributed by atoms with Gasteiger partial charge in [-0.25, -0.2) is 14.4 Å². The summed E-state index contributed by atoms with van der Waals surface area (Å²) in [6, 6.07) is -2.82. The van der Waals surface area contributed by atoms with E-state index in [1.165, 1.54) is 0 Å². The number of ether oxygens (including phenoxy) is 2. The van der Waals surface area contributed by atoms with E-state index in [9.17, 15) is 19.2 Å². The van der Waals surface area contributed by atoms with Crippen molar-refractivity contribution < 1.29 is 28.7 Å². The predicted octanol–water partition coefficient (Wildman–Crippen LogP) is 0.370. The van der Waals surface area contributed by atoms with Crippen LogP contribution in [0.2, 0.25) is 0 Å². The predicted molar refractivity (Wildman–Crippen MR) is 98.9 cm³/mol. The van der Waals surface area contributed by atoms with Gasteiger partial charge in [0.15, 0.2) is 0 Å². The highest BCUT2D eigenvalue weighted by Crippen LogP contribution is 2.08. The molecule has 0 radical (unpaired) electrons. The van der Waals surface area contributed by atoms with E-state index in [0.29, 0.717) is 12.8 Å². The third kappa shape index (κ3) is 11.5. The van der Waals surface area contributed by atoms with E-state index in [2.05, 4.69) is 9.47 Å². The van der Waals surface area contributed by atoms with Gasteiger partial charge in [-0.15, -0.1) is 0 Å². The van der Waals surface area contributed by atoms with Crippen molar-refractivity contribution in [1.82, 2.24) is 0 Å². The summed E-state index contributed by atoms with van der Waals surface area (Å²) in [6.45, 7) is 7.58. The number of esters is 4. The number of hydrogen-bond donors (Lipinski definition) is 3. The van der Waals surface area contributed by atoms with Gasteiger partial charge in [-0.1, -0.05) is 27.7 Å². The molecule has 156 valence electrons. The topological polar surface area (TPSA) is 165 Å². The van der Waals surface area contributed by atoms with Gasteiger partial charge in [0.05, 0.1) is 0 Å². The SMILES string of the molecule is CC(C)C[C@H](N)C(=O)OC(=O)CCCC(N)C(=O)OC(=O)[C@@H](N)CC(C)C. The highest BCUT2D eigenvalue weighted by Gasteiger charge is 2.24. The third-order valence-electron chi connectivity index (χ3n) is 3.67. The Hall–Kier alpha value is -1.84. The maximum atomic E-state index is 11.8. The van der Waals surface area contributed by atoms with E-state index < -0.39 is 42.0 Å². The zero-order chi connectivity index (χ0) is 21.1. The second kappa shape index (κ2) is 12.5. The Morgan fingerprint density at radius 3 is 1.56 bits per heavy atom. The highest BCUT2D eigenvalue weighted by molar-refractivity contribution is 5.91. The molecular formula is C18H33N3O6. The van der Waals surface area contributed by atoms with Gasteiger partial charge < -0.3 is 26.7 Å². The van der Waals surface area contributed by atoms with Crippen LogP contribution in [0.4, 0.5) is 0 Å². The first-order chi connectivity index (χ1) is 12.4. The molecule has 0 aliphatic carbocycles. The van der Waals surface area contributed by atoms with Crippen LogP contribution in [0.1, 0.15) is 59.8 Å². The van der Waals surface area contributed by atoms with Crippen LogP contribution in [0, 0.1) is 11.8 Å². The van der Waals surface area contributed by atoms with E-state index in [1.54, 1.807) is 0 Å². The lowest BCUT2D eigenvalue weighted by atomic mass is 10.0. The molecule has 0 saturated heterocycles. The number of carbonyl (C=O) groups excluding carboxylic acids is 4. The van der Waals surface area contributed by atoms with Crippen LogP contribution in [0.15, 0.2) is 0 Å². The molecule has 6 N–H and O–H groups in total. The average Bonchev–Trinajstić information content (AvgIpc) is 2.52. The minimum Gasteiger partial charge on any atom is -0.392 e. The van der Waals surface area contributed by atoms with Gasteiger partial charge in [0.2, 0.25) is 0 Å². The summed E-state index contributed by atoms with van der Waals surface area (Å²) in [4.78, 5) is 46.7. The number of nitrogens with two attached hydrogens (primary N) is 3. The molecule has 0 bridgehead atoms. The van der Waals surface area contributed by atoms with Gasteiger partial charge in [-0.05, 0) is 37.5 Å². The summed E-state index contributed by atoms with van der Waals surface area (Å²) >= 11 is 0. The first kappa shape index (κ1) is 25.2. The van der Waals surface area contributed by atoms with Crippen LogP contribution in [0.25, 0.3) is 0 Å². The average molecular weight is 387 g/mol. The monoisotopic (exact) mass is 387 g/mol. The molecule has 0 aromatic heterocycles. The minimum atomic E-state index is -1.08. The molecule has 0 aliphatic heterocycles.